The second-order valence-electron chi connectivity index (χ2n) is 7.12. The summed E-state index contributed by atoms with van der Waals surface area (Å²) in [5.74, 6) is -0.593. The van der Waals surface area contributed by atoms with Gasteiger partial charge in [0.25, 0.3) is 5.91 Å². The molecule has 0 radical (unpaired) electrons. The lowest BCUT2D eigenvalue weighted by Gasteiger charge is -2.33. The van der Waals surface area contributed by atoms with Crippen LogP contribution in [0.1, 0.15) is 23.3 Å². The maximum atomic E-state index is 13.1. The lowest BCUT2D eigenvalue weighted by atomic mass is 10.1. The zero-order valence-corrected chi connectivity index (χ0v) is 16.2. The largest absolute Gasteiger partial charge is 0.380 e. The van der Waals surface area contributed by atoms with Gasteiger partial charge < -0.3 is 15.0 Å². The van der Waals surface area contributed by atoms with E-state index in [1.807, 2.05) is 24.3 Å². The highest BCUT2D eigenvalue weighted by molar-refractivity contribution is 6.03. The van der Waals surface area contributed by atoms with E-state index in [9.17, 15) is 9.18 Å². The van der Waals surface area contributed by atoms with E-state index in [4.69, 9.17) is 4.74 Å². The molecule has 29 heavy (non-hydrogen) atoms. The van der Waals surface area contributed by atoms with Crippen LogP contribution in [-0.2, 0) is 4.74 Å². The molecule has 4 rings (SSSR count). The first-order chi connectivity index (χ1) is 14.1. The predicted molar refractivity (Wildman–Crippen MR) is 111 cm³/mol. The number of aromatic nitrogens is 2. The quantitative estimate of drug-likeness (QED) is 0.684. The van der Waals surface area contributed by atoms with Gasteiger partial charge in [-0.1, -0.05) is 0 Å². The summed E-state index contributed by atoms with van der Waals surface area (Å²) in [6.45, 7) is 1.88. The van der Waals surface area contributed by atoms with Crippen LogP contribution in [0.25, 0.3) is 11.3 Å². The number of ether oxygens (including phenoxy) is 1. The van der Waals surface area contributed by atoms with E-state index >= 15 is 0 Å². The van der Waals surface area contributed by atoms with Gasteiger partial charge in [0.15, 0.2) is 0 Å². The van der Waals surface area contributed by atoms with Gasteiger partial charge in [-0.3, -0.25) is 9.89 Å². The monoisotopic (exact) mass is 394 g/mol. The molecule has 6 nitrogen and oxygen atoms in total. The van der Waals surface area contributed by atoms with Crippen molar-refractivity contribution in [1.29, 1.82) is 0 Å². The lowest BCUT2D eigenvalue weighted by molar-refractivity contribution is 0.0893. The first-order valence-electron chi connectivity index (χ1n) is 9.63. The third kappa shape index (κ3) is 4.46. The molecule has 1 aliphatic rings. The molecule has 7 heteroatoms. The van der Waals surface area contributed by atoms with Gasteiger partial charge in [-0.2, -0.15) is 5.10 Å². The number of hydrogen-bond donors (Lipinski definition) is 2. The van der Waals surface area contributed by atoms with Crippen molar-refractivity contribution in [3.05, 3.63) is 66.1 Å². The summed E-state index contributed by atoms with van der Waals surface area (Å²) < 4.78 is 18.5. The fraction of sp³-hybridized carbons (Fsp3) is 0.273. The highest BCUT2D eigenvalue weighted by atomic mass is 19.1. The number of carbonyl (C=O) groups excluding carboxylic acids is 1. The van der Waals surface area contributed by atoms with Crippen LogP contribution in [0, 0.1) is 5.82 Å². The molecule has 1 atom stereocenters. The molecule has 0 saturated carbocycles. The summed E-state index contributed by atoms with van der Waals surface area (Å²) in [6.07, 6.45) is 2.46. The molecule has 1 aliphatic heterocycles. The Kier molecular flexibility index (Phi) is 5.57. The minimum atomic E-state index is -0.312. The Morgan fingerprint density at radius 2 is 1.97 bits per heavy atom. The van der Waals surface area contributed by atoms with Gasteiger partial charge in [0.05, 0.1) is 11.8 Å². The number of rotatable bonds is 5. The zero-order valence-electron chi connectivity index (χ0n) is 16.2. The van der Waals surface area contributed by atoms with E-state index in [2.05, 4.69) is 20.4 Å². The first kappa shape index (κ1) is 19.1. The van der Waals surface area contributed by atoms with E-state index in [0.29, 0.717) is 17.1 Å². The summed E-state index contributed by atoms with van der Waals surface area (Å²) in [5, 5.41) is 9.75. The topological polar surface area (TPSA) is 70.2 Å². The van der Waals surface area contributed by atoms with Crippen molar-refractivity contribution in [2.45, 2.75) is 18.9 Å². The zero-order chi connectivity index (χ0) is 20.2. The summed E-state index contributed by atoms with van der Waals surface area (Å²) in [4.78, 5) is 14.8. The maximum Gasteiger partial charge on any atom is 0.273 e. The average molecular weight is 394 g/mol. The Labute approximate surface area is 168 Å². The number of methoxy groups -OCH3 is 1. The summed E-state index contributed by atoms with van der Waals surface area (Å²) in [6, 6.07) is 15.4. The van der Waals surface area contributed by atoms with Gasteiger partial charge in [0.2, 0.25) is 0 Å². The average Bonchev–Trinajstić information content (AvgIpc) is 3.25. The highest BCUT2D eigenvalue weighted by Crippen LogP contribution is 2.23. The number of benzene rings is 2. The molecule has 0 spiro atoms. The number of halogens is 1. The molecule has 2 heterocycles. The minimum Gasteiger partial charge on any atom is -0.380 e. The molecule has 2 N–H and O–H groups in total. The predicted octanol–water partition coefficient (Wildman–Crippen LogP) is 4.08. The summed E-state index contributed by atoms with van der Waals surface area (Å²) in [5.41, 5.74) is 3.49. The standard InChI is InChI=1S/C22H23FN4O2/c1-29-19-3-2-12-27(14-19)18-10-8-17(9-11-18)24-22(28)21-13-20(25-26-21)15-4-6-16(23)7-5-15/h4-11,13,19H,2-3,12,14H2,1H3,(H,24,28)(H,25,26). The lowest BCUT2D eigenvalue weighted by Crippen LogP contribution is -2.39. The molecule has 1 amide bonds. The number of piperidine rings is 1. The second-order valence-corrected chi connectivity index (χ2v) is 7.12. The van der Waals surface area contributed by atoms with Crippen molar-refractivity contribution < 1.29 is 13.9 Å². The van der Waals surface area contributed by atoms with Gasteiger partial charge in [0.1, 0.15) is 11.5 Å². The molecular weight excluding hydrogens is 371 g/mol. The number of H-pyrrole nitrogens is 1. The van der Waals surface area contributed by atoms with Gasteiger partial charge in [0, 0.05) is 37.1 Å². The molecule has 150 valence electrons. The van der Waals surface area contributed by atoms with Crippen LogP contribution < -0.4 is 10.2 Å². The van der Waals surface area contributed by atoms with Crippen LogP contribution in [0.4, 0.5) is 15.8 Å². The molecule has 3 aromatic rings. The molecule has 1 fully saturated rings. The van der Waals surface area contributed by atoms with E-state index in [-0.39, 0.29) is 17.8 Å². The van der Waals surface area contributed by atoms with Crippen molar-refractivity contribution in [1.82, 2.24) is 10.2 Å². The third-order valence-corrected chi connectivity index (χ3v) is 5.16. The van der Waals surface area contributed by atoms with E-state index in [0.717, 1.165) is 37.2 Å². The normalized spacial score (nSPS) is 16.6. The summed E-state index contributed by atoms with van der Waals surface area (Å²) >= 11 is 0. The fourth-order valence-corrected chi connectivity index (χ4v) is 3.53. The molecule has 1 unspecified atom stereocenters. The van der Waals surface area contributed by atoms with Gasteiger partial charge in [-0.15, -0.1) is 0 Å². The SMILES string of the molecule is COC1CCCN(c2ccc(NC(=O)c3cc(-c4ccc(F)cc4)n[nH]3)cc2)C1. The number of nitrogens with zero attached hydrogens (tertiary/aromatic N) is 2. The Morgan fingerprint density at radius 3 is 2.69 bits per heavy atom. The van der Waals surface area contributed by atoms with Crippen LogP contribution in [0.5, 0.6) is 0 Å². The third-order valence-electron chi connectivity index (χ3n) is 5.16. The van der Waals surface area contributed by atoms with Gasteiger partial charge in [-0.05, 0) is 67.4 Å². The van der Waals surface area contributed by atoms with Gasteiger partial charge in [-0.25, -0.2) is 4.39 Å². The molecule has 0 aliphatic carbocycles. The van der Waals surface area contributed by atoms with E-state index in [1.54, 1.807) is 25.3 Å². The van der Waals surface area contributed by atoms with Crippen molar-refractivity contribution in [3.63, 3.8) is 0 Å². The van der Waals surface area contributed by atoms with Crippen LogP contribution in [0.2, 0.25) is 0 Å². The number of amides is 1. The molecule has 2 aromatic carbocycles. The Hall–Kier alpha value is -3.19. The van der Waals surface area contributed by atoms with Crippen molar-refractivity contribution in [2.24, 2.45) is 0 Å². The van der Waals surface area contributed by atoms with Gasteiger partial charge >= 0.3 is 0 Å². The Morgan fingerprint density at radius 1 is 1.21 bits per heavy atom. The number of anilines is 2. The smallest absolute Gasteiger partial charge is 0.273 e. The second kappa shape index (κ2) is 8.45. The molecule has 0 bridgehead atoms. The first-order valence-corrected chi connectivity index (χ1v) is 9.63. The molecule has 1 aromatic heterocycles. The number of hydrogen-bond acceptors (Lipinski definition) is 4. The Balaban J connectivity index is 1.40. The summed E-state index contributed by atoms with van der Waals surface area (Å²) in [7, 11) is 1.75. The Bertz CT molecular complexity index is 969. The van der Waals surface area contributed by atoms with Crippen molar-refractivity contribution in [3.8, 4) is 11.3 Å². The van der Waals surface area contributed by atoms with E-state index in [1.165, 1.54) is 12.1 Å². The van der Waals surface area contributed by atoms with Crippen LogP contribution in [-0.4, -0.2) is 42.4 Å². The van der Waals surface area contributed by atoms with Crippen molar-refractivity contribution >= 4 is 17.3 Å². The highest BCUT2D eigenvalue weighted by Gasteiger charge is 2.19. The fourth-order valence-electron chi connectivity index (χ4n) is 3.53. The maximum absolute atomic E-state index is 13.1. The van der Waals surface area contributed by atoms with Crippen LogP contribution in [0.15, 0.2) is 54.6 Å². The number of carbonyl (C=O) groups is 1. The number of aromatic amines is 1. The van der Waals surface area contributed by atoms with Crippen LogP contribution in [0.3, 0.4) is 0 Å². The minimum absolute atomic E-state index is 0.263. The number of nitrogens with one attached hydrogen (secondary N) is 2. The van der Waals surface area contributed by atoms with E-state index < -0.39 is 0 Å². The van der Waals surface area contributed by atoms with Crippen LogP contribution >= 0.6 is 0 Å². The molecular formula is C22H23FN4O2. The van der Waals surface area contributed by atoms with Crippen molar-refractivity contribution in [2.75, 3.05) is 30.4 Å². The molecule has 1 saturated heterocycles.